The van der Waals surface area contributed by atoms with Gasteiger partial charge in [0.1, 0.15) is 10.0 Å². The van der Waals surface area contributed by atoms with Crippen LogP contribution < -0.4 is 5.43 Å². The predicted octanol–water partition coefficient (Wildman–Crippen LogP) is 4.91. The summed E-state index contributed by atoms with van der Waals surface area (Å²) in [6.45, 7) is 0. The van der Waals surface area contributed by atoms with E-state index in [0.717, 1.165) is 10.5 Å². The summed E-state index contributed by atoms with van der Waals surface area (Å²) in [6.07, 6.45) is 3.54. The van der Waals surface area contributed by atoms with Gasteiger partial charge in [-0.1, -0.05) is 46.9 Å². The summed E-state index contributed by atoms with van der Waals surface area (Å²) in [6, 6.07) is 7.69. The Morgan fingerprint density at radius 2 is 1.91 bits per heavy atom. The summed E-state index contributed by atoms with van der Waals surface area (Å²) in [4.78, 5) is 15.8. The molecule has 0 aliphatic carbocycles. The van der Waals surface area contributed by atoms with Crippen LogP contribution in [0.15, 0.2) is 34.3 Å². The standard InChI is InChI=1S/C14H10Cl3N3O2S/c1-23-8-4-2-7(3-5-8)6-18-20-11-9(15)12(14(21)22)19-13(17)10(11)16/h2-6H,1H3,(H,19,20)(H,21,22)/b18-6-. The van der Waals surface area contributed by atoms with Crippen LogP contribution in [0.2, 0.25) is 15.2 Å². The molecule has 0 unspecified atom stereocenters. The third kappa shape index (κ3) is 4.29. The van der Waals surface area contributed by atoms with Gasteiger partial charge in [0, 0.05) is 4.90 Å². The van der Waals surface area contributed by atoms with E-state index < -0.39 is 11.7 Å². The Morgan fingerprint density at radius 3 is 2.48 bits per heavy atom. The molecule has 2 N–H and O–H groups in total. The van der Waals surface area contributed by atoms with Gasteiger partial charge in [-0.15, -0.1) is 11.8 Å². The fourth-order valence-corrected chi connectivity index (χ4v) is 2.69. The maximum Gasteiger partial charge on any atom is 0.356 e. The van der Waals surface area contributed by atoms with Crippen molar-refractivity contribution in [1.29, 1.82) is 0 Å². The molecule has 0 fully saturated rings. The van der Waals surface area contributed by atoms with Crippen molar-refractivity contribution in [1.82, 2.24) is 4.98 Å². The summed E-state index contributed by atoms with van der Waals surface area (Å²) in [5.41, 5.74) is 3.14. The highest BCUT2D eigenvalue weighted by Gasteiger charge is 2.20. The molecule has 23 heavy (non-hydrogen) atoms. The van der Waals surface area contributed by atoms with Crippen LogP contribution in [0.4, 0.5) is 5.69 Å². The van der Waals surface area contributed by atoms with Crippen molar-refractivity contribution in [2.75, 3.05) is 11.7 Å². The van der Waals surface area contributed by atoms with Gasteiger partial charge in [-0.3, -0.25) is 5.43 Å². The molecule has 1 aromatic heterocycles. The molecule has 1 heterocycles. The molecule has 0 aliphatic heterocycles. The first kappa shape index (κ1) is 17.9. The number of aromatic carboxylic acids is 1. The minimum atomic E-state index is -1.31. The van der Waals surface area contributed by atoms with Crippen molar-refractivity contribution in [2.45, 2.75) is 4.90 Å². The molecular weight excluding hydrogens is 381 g/mol. The Balaban J connectivity index is 2.25. The molecule has 0 aliphatic rings. The molecule has 9 heteroatoms. The first-order valence-corrected chi connectivity index (χ1v) is 8.50. The number of hydrogen-bond acceptors (Lipinski definition) is 5. The fourth-order valence-electron chi connectivity index (χ4n) is 1.62. The van der Waals surface area contributed by atoms with E-state index in [4.69, 9.17) is 39.9 Å². The molecule has 0 saturated carbocycles. The van der Waals surface area contributed by atoms with Gasteiger partial charge in [0.25, 0.3) is 0 Å². The lowest BCUT2D eigenvalue weighted by molar-refractivity contribution is 0.0691. The number of carboxylic acid groups (broad SMARTS) is 1. The van der Waals surface area contributed by atoms with E-state index in [9.17, 15) is 4.79 Å². The summed E-state index contributed by atoms with van der Waals surface area (Å²) < 4.78 is 0. The maximum absolute atomic E-state index is 11.1. The second-order valence-electron chi connectivity index (χ2n) is 4.20. The molecular formula is C14H10Cl3N3O2S. The number of nitrogens with one attached hydrogen (secondary N) is 1. The number of pyridine rings is 1. The quantitative estimate of drug-likeness (QED) is 0.328. The van der Waals surface area contributed by atoms with Crippen LogP contribution in [0.3, 0.4) is 0 Å². The molecule has 5 nitrogen and oxygen atoms in total. The van der Waals surface area contributed by atoms with E-state index in [-0.39, 0.29) is 20.9 Å². The van der Waals surface area contributed by atoms with Crippen LogP contribution in [0.25, 0.3) is 0 Å². The molecule has 0 spiro atoms. The lowest BCUT2D eigenvalue weighted by Crippen LogP contribution is -2.05. The van der Waals surface area contributed by atoms with Crippen LogP contribution in [0.5, 0.6) is 0 Å². The highest BCUT2D eigenvalue weighted by Crippen LogP contribution is 2.36. The highest BCUT2D eigenvalue weighted by molar-refractivity contribution is 7.98. The SMILES string of the molecule is CSc1ccc(/C=N\Nc2c(Cl)c(Cl)nc(C(=O)O)c2Cl)cc1. The molecule has 2 rings (SSSR count). The normalized spacial score (nSPS) is 11.0. The molecule has 0 radical (unpaired) electrons. The van der Waals surface area contributed by atoms with E-state index in [2.05, 4.69) is 15.5 Å². The van der Waals surface area contributed by atoms with Gasteiger partial charge in [-0.2, -0.15) is 5.10 Å². The Kier molecular flexibility index (Phi) is 6.12. The van der Waals surface area contributed by atoms with Crippen molar-refractivity contribution >= 4 is 64.4 Å². The van der Waals surface area contributed by atoms with Crippen molar-refractivity contribution < 1.29 is 9.90 Å². The largest absolute Gasteiger partial charge is 0.476 e. The Morgan fingerprint density at radius 1 is 1.26 bits per heavy atom. The number of hydrogen-bond donors (Lipinski definition) is 2. The Bertz CT molecular complexity index is 767. The second kappa shape index (κ2) is 7.88. The summed E-state index contributed by atoms with van der Waals surface area (Å²) in [5, 5.41) is 12.7. The zero-order chi connectivity index (χ0) is 17.0. The third-order valence-corrected chi connectivity index (χ3v) is 4.60. The highest BCUT2D eigenvalue weighted by atomic mass is 35.5. The second-order valence-corrected chi connectivity index (χ2v) is 6.20. The van der Waals surface area contributed by atoms with Gasteiger partial charge < -0.3 is 5.11 Å². The molecule has 0 saturated heterocycles. The number of anilines is 1. The van der Waals surface area contributed by atoms with Crippen LogP contribution in [0, 0.1) is 0 Å². The van der Waals surface area contributed by atoms with Gasteiger partial charge in [0.15, 0.2) is 10.8 Å². The molecule has 1 aromatic carbocycles. The monoisotopic (exact) mass is 389 g/mol. The Hall–Kier alpha value is -1.47. The van der Waals surface area contributed by atoms with Crippen molar-refractivity contribution in [3.8, 4) is 0 Å². The molecule has 0 amide bonds. The third-order valence-electron chi connectivity index (χ3n) is 2.75. The fraction of sp³-hybridized carbons (Fsp3) is 0.0714. The molecule has 0 bridgehead atoms. The van der Waals surface area contributed by atoms with Crippen molar-refractivity contribution in [3.63, 3.8) is 0 Å². The summed E-state index contributed by atoms with van der Waals surface area (Å²) in [7, 11) is 0. The lowest BCUT2D eigenvalue weighted by Gasteiger charge is -2.09. The first-order chi connectivity index (χ1) is 10.9. The Labute approximate surface area is 151 Å². The van der Waals surface area contributed by atoms with Crippen LogP contribution in [-0.2, 0) is 0 Å². The minimum Gasteiger partial charge on any atom is -0.476 e. The average molecular weight is 391 g/mol. The number of nitrogens with zero attached hydrogens (tertiary/aromatic N) is 2. The molecule has 0 atom stereocenters. The average Bonchev–Trinajstić information content (AvgIpc) is 2.54. The van der Waals surface area contributed by atoms with Gasteiger partial charge in [0.05, 0.1) is 11.9 Å². The van der Waals surface area contributed by atoms with Gasteiger partial charge >= 0.3 is 5.97 Å². The number of thioether (sulfide) groups is 1. The zero-order valence-electron chi connectivity index (χ0n) is 11.7. The number of rotatable bonds is 5. The minimum absolute atomic E-state index is 0.00320. The summed E-state index contributed by atoms with van der Waals surface area (Å²) >= 11 is 19.4. The zero-order valence-corrected chi connectivity index (χ0v) is 14.8. The first-order valence-electron chi connectivity index (χ1n) is 6.15. The number of carboxylic acids is 1. The van der Waals surface area contributed by atoms with Gasteiger partial charge in [-0.25, -0.2) is 9.78 Å². The van der Waals surface area contributed by atoms with Crippen LogP contribution in [-0.4, -0.2) is 28.5 Å². The topological polar surface area (TPSA) is 74.6 Å². The van der Waals surface area contributed by atoms with Crippen LogP contribution in [0.1, 0.15) is 16.1 Å². The van der Waals surface area contributed by atoms with E-state index in [1.807, 2.05) is 30.5 Å². The number of hydrazone groups is 1. The molecule has 2 aromatic rings. The van der Waals surface area contributed by atoms with E-state index >= 15 is 0 Å². The van der Waals surface area contributed by atoms with E-state index in [0.29, 0.717) is 0 Å². The van der Waals surface area contributed by atoms with Gasteiger partial charge in [-0.05, 0) is 24.0 Å². The van der Waals surface area contributed by atoms with E-state index in [1.165, 1.54) is 0 Å². The number of halogens is 3. The van der Waals surface area contributed by atoms with Gasteiger partial charge in [0.2, 0.25) is 0 Å². The van der Waals surface area contributed by atoms with Crippen LogP contribution >= 0.6 is 46.6 Å². The van der Waals surface area contributed by atoms with Crippen molar-refractivity contribution in [3.05, 3.63) is 50.7 Å². The lowest BCUT2D eigenvalue weighted by atomic mass is 10.2. The molecule has 120 valence electrons. The number of benzene rings is 1. The number of carbonyl (C=O) groups is 1. The number of aromatic nitrogens is 1. The predicted molar refractivity (Wildman–Crippen MR) is 95.7 cm³/mol. The summed E-state index contributed by atoms with van der Waals surface area (Å²) in [5.74, 6) is -1.31. The van der Waals surface area contributed by atoms with E-state index in [1.54, 1.807) is 18.0 Å². The maximum atomic E-state index is 11.1. The van der Waals surface area contributed by atoms with Crippen molar-refractivity contribution in [2.24, 2.45) is 5.10 Å². The smallest absolute Gasteiger partial charge is 0.356 e.